The predicted molar refractivity (Wildman–Crippen MR) is 94.0 cm³/mol. The second kappa shape index (κ2) is 7.20. The molecule has 1 fully saturated rings. The number of hydrogen-bond acceptors (Lipinski definition) is 5. The maximum Gasteiger partial charge on any atom is 0.241 e. The standard InChI is InChI=1S/C17H20N4O3S/c18-25(23,24)15-3-1-9-19-17(15)20-11-13-5-7-14(8-6-13)12-21-10-2-4-16(21)22/h1,3,5-9H,2,4,10-12H2,(H,19,20)(H2,18,23,24). The van der Waals surface area contributed by atoms with Gasteiger partial charge in [-0.2, -0.15) is 0 Å². The normalized spacial score (nSPS) is 14.8. The third-order valence-electron chi connectivity index (χ3n) is 4.10. The number of sulfonamides is 1. The maximum absolute atomic E-state index is 11.7. The van der Waals surface area contributed by atoms with Gasteiger partial charge in [-0.05, 0) is 29.7 Å². The summed E-state index contributed by atoms with van der Waals surface area (Å²) in [4.78, 5) is 17.5. The largest absolute Gasteiger partial charge is 0.365 e. The Morgan fingerprint density at radius 3 is 2.52 bits per heavy atom. The molecule has 1 aromatic carbocycles. The Hall–Kier alpha value is -2.45. The van der Waals surface area contributed by atoms with Gasteiger partial charge in [0, 0.05) is 32.3 Å². The SMILES string of the molecule is NS(=O)(=O)c1cccnc1NCc1ccc(CN2CCCC2=O)cc1. The molecular weight excluding hydrogens is 340 g/mol. The summed E-state index contributed by atoms with van der Waals surface area (Å²) in [5.41, 5.74) is 2.05. The van der Waals surface area contributed by atoms with Gasteiger partial charge in [-0.3, -0.25) is 4.79 Å². The minimum atomic E-state index is -3.83. The first kappa shape index (κ1) is 17.4. The fourth-order valence-electron chi connectivity index (χ4n) is 2.79. The minimum Gasteiger partial charge on any atom is -0.365 e. The number of likely N-dealkylation sites (tertiary alicyclic amines) is 1. The molecule has 0 bridgehead atoms. The van der Waals surface area contributed by atoms with E-state index in [1.807, 2.05) is 29.2 Å². The molecule has 1 amide bonds. The molecule has 0 radical (unpaired) electrons. The number of pyridine rings is 1. The topological polar surface area (TPSA) is 105 Å². The zero-order valence-corrected chi connectivity index (χ0v) is 14.5. The molecule has 1 saturated heterocycles. The van der Waals surface area contributed by atoms with Crippen molar-refractivity contribution in [2.75, 3.05) is 11.9 Å². The van der Waals surface area contributed by atoms with E-state index in [9.17, 15) is 13.2 Å². The van der Waals surface area contributed by atoms with Crippen molar-refractivity contribution in [2.24, 2.45) is 5.14 Å². The number of amides is 1. The molecular formula is C17H20N4O3S. The molecule has 1 aromatic heterocycles. The molecule has 3 N–H and O–H groups in total. The molecule has 25 heavy (non-hydrogen) atoms. The van der Waals surface area contributed by atoms with E-state index in [0.717, 1.165) is 24.1 Å². The summed E-state index contributed by atoms with van der Waals surface area (Å²) in [6, 6.07) is 10.8. The van der Waals surface area contributed by atoms with Crippen LogP contribution in [0.25, 0.3) is 0 Å². The first-order valence-corrected chi connectivity index (χ1v) is 9.55. The molecule has 0 atom stereocenters. The Kier molecular flexibility index (Phi) is 5.00. The second-order valence-corrected chi connectivity index (χ2v) is 7.51. The zero-order valence-electron chi connectivity index (χ0n) is 13.7. The van der Waals surface area contributed by atoms with Crippen molar-refractivity contribution in [1.82, 2.24) is 9.88 Å². The van der Waals surface area contributed by atoms with Crippen molar-refractivity contribution in [3.63, 3.8) is 0 Å². The number of benzene rings is 1. The summed E-state index contributed by atoms with van der Waals surface area (Å²) in [6.45, 7) is 1.86. The highest BCUT2D eigenvalue weighted by molar-refractivity contribution is 7.89. The maximum atomic E-state index is 11.7. The van der Waals surface area contributed by atoms with Crippen LogP contribution < -0.4 is 10.5 Å². The smallest absolute Gasteiger partial charge is 0.241 e. The van der Waals surface area contributed by atoms with Gasteiger partial charge < -0.3 is 10.2 Å². The fourth-order valence-corrected chi connectivity index (χ4v) is 3.46. The van der Waals surface area contributed by atoms with Crippen LogP contribution in [0.4, 0.5) is 5.82 Å². The van der Waals surface area contributed by atoms with E-state index >= 15 is 0 Å². The second-order valence-electron chi connectivity index (χ2n) is 5.98. The first-order valence-electron chi connectivity index (χ1n) is 8.01. The molecule has 1 aliphatic rings. The molecule has 0 aliphatic carbocycles. The molecule has 2 aromatic rings. The number of nitrogens with zero attached hydrogens (tertiary/aromatic N) is 2. The molecule has 0 unspecified atom stereocenters. The van der Waals surface area contributed by atoms with Crippen LogP contribution in [-0.4, -0.2) is 30.8 Å². The van der Waals surface area contributed by atoms with Crippen molar-refractivity contribution in [3.05, 3.63) is 53.7 Å². The van der Waals surface area contributed by atoms with Gasteiger partial charge in [-0.15, -0.1) is 0 Å². The van der Waals surface area contributed by atoms with Crippen molar-refractivity contribution in [3.8, 4) is 0 Å². The number of anilines is 1. The molecule has 3 rings (SSSR count). The average Bonchev–Trinajstić information content (AvgIpc) is 2.98. The highest BCUT2D eigenvalue weighted by Gasteiger charge is 2.19. The van der Waals surface area contributed by atoms with Gasteiger partial charge >= 0.3 is 0 Å². The highest BCUT2D eigenvalue weighted by atomic mass is 32.2. The number of rotatable bonds is 6. The van der Waals surface area contributed by atoms with Gasteiger partial charge in [-0.25, -0.2) is 18.5 Å². The minimum absolute atomic E-state index is 0.0286. The van der Waals surface area contributed by atoms with Crippen LogP contribution in [0.3, 0.4) is 0 Å². The Morgan fingerprint density at radius 1 is 1.16 bits per heavy atom. The molecule has 8 heteroatoms. The van der Waals surface area contributed by atoms with Crippen LogP contribution in [-0.2, 0) is 27.9 Å². The Bertz CT molecular complexity index is 866. The van der Waals surface area contributed by atoms with E-state index in [4.69, 9.17) is 5.14 Å². The molecule has 7 nitrogen and oxygen atoms in total. The Labute approximate surface area is 146 Å². The average molecular weight is 360 g/mol. The van der Waals surface area contributed by atoms with Gasteiger partial charge in [0.25, 0.3) is 0 Å². The number of primary sulfonamides is 1. The summed E-state index contributed by atoms with van der Waals surface area (Å²) in [6.07, 6.45) is 3.07. The third kappa shape index (κ3) is 4.34. The molecule has 132 valence electrons. The van der Waals surface area contributed by atoms with Crippen LogP contribution >= 0.6 is 0 Å². The molecule has 0 spiro atoms. The van der Waals surface area contributed by atoms with Gasteiger partial charge in [0.2, 0.25) is 15.9 Å². The summed E-state index contributed by atoms with van der Waals surface area (Å²) in [7, 11) is -3.83. The van der Waals surface area contributed by atoms with Crippen LogP contribution in [0.1, 0.15) is 24.0 Å². The zero-order chi connectivity index (χ0) is 17.9. The number of nitrogens with two attached hydrogens (primary N) is 1. The number of carbonyl (C=O) groups is 1. The summed E-state index contributed by atoms with van der Waals surface area (Å²) in [5.74, 6) is 0.438. The van der Waals surface area contributed by atoms with Gasteiger partial charge in [-0.1, -0.05) is 24.3 Å². The first-order chi connectivity index (χ1) is 11.9. The van der Waals surface area contributed by atoms with E-state index in [1.165, 1.54) is 18.3 Å². The molecule has 1 aliphatic heterocycles. The highest BCUT2D eigenvalue weighted by Crippen LogP contribution is 2.18. The summed E-state index contributed by atoms with van der Waals surface area (Å²) < 4.78 is 23.1. The van der Waals surface area contributed by atoms with Gasteiger partial charge in [0.05, 0.1) is 0 Å². The number of hydrogen-bond donors (Lipinski definition) is 2. The lowest BCUT2D eigenvalue weighted by Gasteiger charge is -2.15. The molecule has 0 saturated carbocycles. The Morgan fingerprint density at radius 2 is 1.88 bits per heavy atom. The number of aromatic nitrogens is 1. The summed E-state index contributed by atoms with van der Waals surface area (Å²) in [5, 5.41) is 8.20. The lowest BCUT2D eigenvalue weighted by atomic mass is 10.1. The van der Waals surface area contributed by atoms with Gasteiger partial charge in [0.1, 0.15) is 10.7 Å². The quantitative estimate of drug-likeness (QED) is 0.811. The monoisotopic (exact) mass is 360 g/mol. The van der Waals surface area contributed by atoms with Crippen molar-refractivity contribution >= 4 is 21.7 Å². The predicted octanol–water partition coefficient (Wildman–Crippen LogP) is 1.46. The van der Waals surface area contributed by atoms with Crippen molar-refractivity contribution in [1.29, 1.82) is 0 Å². The lowest BCUT2D eigenvalue weighted by molar-refractivity contribution is -0.128. The fraction of sp³-hybridized carbons (Fsp3) is 0.294. The Balaban J connectivity index is 1.64. The summed E-state index contributed by atoms with van der Waals surface area (Å²) >= 11 is 0. The van der Waals surface area contributed by atoms with E-state index in [2.05, 4.69) is 10.3 Å². The van der Waals surface area contributed by atoms with E-state index in [1.54, 1.807) is 0 Å². The van der Waals surface area contributed by atoms with Crippen LogP contribution in [0.5, 0.6) is 0 Å². The lowest BCUT2D eigenvalue weighted by Crippen LogP contribution is -2.23. The van der Waals surface area contributed by atoms with Crippen LogP contribution in [0, 0.1) is 0 Å². The van der Waals surface area contributed by atoms with E-state index < -0.39 is 10.0 Å². The van der Waals surface area contributed by atoms with E-state index in [0.29, 0.717) is 19.5 Å². The van der Waals surface area contributed by atoms with Gasteiger partial charge in [0.15, 0.2) is 0 Å². The van der Waals surface area contributed by atoms with E-state index in [-0.39, 0.29) is 16.6 Å². The number of carbonyl (C=O) groups excluding carboxylic acids is 1. The van der Waals surface area contributed by atoms with Crippen molar-refractivity contribution in [2.45, 2.75) is 30.8 Å². The number of nitrogens with one attached hydrogen (secondary N) is 1. The van der Waals surface area contributed by atoms with Crippen LogP contribution in [0.2, 0.25) is 0 Å². The molecule has 2 heterocycles. The van der Waals surface area contributed by atoms with Crippen molar-refractivity contribution < 1.29 is 13.2 Å². The third-order valence-corrected chi connectivity index (χ3v) is 5.05. The van der Waals surface area contributed by atoms with Crippen LogP contribution in [0.15, 0.2) is 47.5 Å².